The third-order valence-electron chi connectivity index (χ3n) is 4.86. The average Bonchev–Trinajstić information content (AvgIpc) is 2.83. The van der Waals surface area contributed by atoms with Gasteiger partial charge in [0.25, 0.3) is 11.8 Å². The first kappa shape index (κ1) is 25.9. The third-order valence-corrected chi connectivity index (χ3v) is 4.86. The van der Waals surface area contributed by atoms with Gasteiger partial charge in [-0.05, 0) is 55.3 Å². The molecule has 8 heteroatoms. The molecule has 0 spiro atoms. The lowest BCUT2D eigenvalue weighted by molar-refractivity contribution is -0.114. The second-order valence-corrected chi connectivity index (χ2v) is 7.60. The van der Waals surface area contributed by atoms with Gasteiger partial charge in [0, 0.05) is 49.2 Å². The maximum Gasteiger partial charge on any atom is 0.253 e. The Morgan fingerprint density at radius 3 is 2.24 bits per heavy atom. The maximum absolute atomic E-state index is 12.8. The van der Waals surface area contributed by atoms with Crippen LogP contribution in [0.25, 0.3) is 0 Å². The molecule has 0 radical (unpaired) electrons. The summed E-state index contributed by atoms with van der Waals surface area (Å²) in [6.07, 6.45) is 1.81. The van der Waals surface area contributed by atoms with Gasteiger partial charge < -0.3 is 25.6 Å². The fourth-order valence-corrected chi connectivity index (χ4v) is 3.26. The fraction of sp³-hybridized carbons (Fsp3) is 0.400. The van der Waals surface area contributed by atoms with Crippen molar-refractivity contribution in [1.82, 2.24) is 10.2 Å². The van der Waals surface area contributed by atoms with E-state index in [1.807, 2.05) is 11.0 Å². The number of hydrogen-bond donors (Lipinski definition) is 3. The predicted molar refractivity (Wildman–Crippen MR) is 131 cm³/mol. The Labute approximate surface area is 195 Å². The van der Waals surface area contributed by atoms with E-state index in [2.05, 4.69) is 29.8 Å². The van der Waals surface area contributed by atoms with Crippen LogP contribution in [0.5, 0.6) is 0 Å². The van der Waals surface area contributed by atoms with E-state index in [1.165, 1.54) is 0 Å². The second kappa shape index (κ2) is 13.9. The highest BCUT2D eigenvalue weighted by atomic mass is 16.5. The molecule has 33 heavy (non-hydrogen) atoms. The Kier molecular flexibility index (Phi) is 10.9. The molecule has 0 aliphatic heterocycles. The smallest absolute Gasteiger partial charge is 0.253 e. The summed E-state index contributed by atoms with van der Waals surface area (Å²) >= 11 is 0. The molecule has 3 amide bonds. The first-order chi connectivity index (χ1) is 16.0. The molecule has 0 aliphatic carbocycles. The van der Waals surface area contributed by atoms with Crippen LogP contribution in [0.3, 0.4) is 0 Å². The Morgan fingerprint density at radius 2 is 1.61 bits per heavy atom. The number of hydrogen-bond acceptors (Lipinski definition) is 5. The molecule has 2 rings (SSSR count). The summed E-state index contributed by atoms with van der Waals surface area (Å²) in [5.74, 6) is -0.432. The zero-order valence-corrected chi connectivity index (χ0v) is 19.6. The van der Waals surface area contributed by atoms with E-state index in [1.54, 1.807) is 49.6 Å². The van der Waals surface area contributed by atoms with Crippen molar-refractivity contribution in [3.8, 4) is 0 Å². The van der Waals surface area contributed by atoms with Crippen LogP contribution in [-0.2, 0) is 9.53 Å². The van der Waals surface area contributed by atoms with Gasteiger partial charge in [0.05, 0.1) is 13.2 Å². The molecule has 2 aromatic carbocycles. The van der Waals surface area contributed by atoms with Crippen LogP contribution in [-0.4, -0.2) is 62.5 Å². The van der Waals surface area contributed by atoms with Gasteiger partial charge >= 0.3 is 0 Å². The molecule has 8 nitrogen and oxygen atoms in total. The molecule has 0 aliphatic rings. The van der Waals surface area contributed by atoms with Gasteiger partial charge in [0.15, 0.2) is 0 Å². The Balaban J connectivity index is 1.89. The van der Waals surface area contributed by atoms with E-state index in [-0.39, 0.29) is 24.3 Å². The summed E-state index contributed by atoms with van der Waals surface area (Å²) < 4.78 is 4.91. The van der Waals surface area contributed by atoms with Crippen molar-refractivity contribution in [1.29, 1.82) is 0 Å². The number of benzene rings is 2. The molecule has 2 aromatic rings. The molecule has 0 heterocycles. The lowest BCUT2D eigenvalue weighted by atomic mass is 10.1. The standard InChI is InChI=1S/C25H34N4O4/c1-4-14-29(15-5-2)25(32)20-7-6-8-22(17-20)27-18-23(30)28-21-11-9-19(10-12-21)24(31)26-13-16-33-3/h6-12,17,27H,4-5,13-16,18H2,1-3H3,(H,26,31)(H,28,30). The summed E-state index contributed by atoms with van der Waals surface area (Å²) in [6.45, 7) is 6.47. The average molecular weight is 455 g/mol. The van der Waals surface area contributed by atoms with Crippen LogP contribution < -0.4 is 16.0 Å². The van der Waals surface area contributed by atoms with Crippen molar-refractivity contribution in [3.63, 3.8) is 0 Å². The number of anilines is 2. The quantitative estimate of drug-likeness (QED) is 0.403. The topological polar surface area (TPSA) is 99.8 Å². The maximum atomic E-state index is 12.8. The van der Waals surface area contributed by atoms with Crippen molar-refractivity contribution in [2.24, 2.45) is 0 Å². The largest absolute Gasteiger partial charge is 0.383 e. The number of ether oxygens (including phenoxy) is 1. The van der Waals surface area contributed by atoms with Gasteiger partial charge in [-0.2, -0.15) is 0 Å². The zero-order chi connectivity index (χ0) is 24.1. The van der Waals surface area contributed by atoms with Crippen LogP contribution in [0.4, 0.5) is 11.4 Å². The summed E-state index contributed by atoms with van der Waals surface area (Å²) in [5.41, 5.74) is 2.39. The molecule has 0 aromatic heterocycles. The van der Waals surface area contributed by atoms with Gasteiger partial charge in [-0.1, -0.05) is 19.9 Å². The Bertz CT molecular complexity index is 909. The Hall–Kier alpha value is -3.39. The lowest BCUT2D eigenvalue weighted by Crippen LogP contribution is -2.32. The van der Waals surface area contributed by atoms with Crippen LogP contribution in [0.1, 0.15) is 47.4 Å². The number of rotatable bonds is 13. The van der Waals surface area contributed by atoms with Gasteiger partial charge in [0.2, 0.25) is 5.91 Å². The molecular formula is C25H34N4O4. The van der Waals surface area contributed by atoms with Crippen molar-refractivity contribution in [2.45, 2.75) is 26.7 Å². The summed E-state index contributed by atoms with van der Waals surface area (Å²) in [4.78, 5) is 39.0. The number of nitrogens with zero attached hydrogens (tertiary/aromatic N) is 1. The van der Waals surface area contributed by atoms with E-state index in [9.17, 15) is 14.4 Å². The van der Waals surface area contributed by atoms with Crippen LogP contribution in [0.15, 0.2) is 48.5 Å². The van der Waals surface area contributed by atoms with E-state index >= 15 is 0 Å². The van der Waals surface area contributed by atoms with Gasteiger partial charge in [-0.15, -0.1) is 0 Å². The minimum atomic E-state index is -0.234. The van der Waals surface area contributed by atoms with Crippen molar-refractivity contribution in [3.05, 3.63) is 59.7 Å². The molecule has 178 valence electrons. The van der Waals surface area contributed by atoms with Crippen molar-refractivity contribution >= 4 is 29.1 Å². The number of nitrogens with one attached hydrogen (secondary N) is 3. The highest BCUT2D eigenvalue weighted by Crippen LogP contribution is 2.14. The molecule has 0 bridgehead atoms. The molecule has 0 saturated heterocycles. The number of methoxy groups -OCH3 is 1. The zero-order valence-electron chi connectivity index (χ0n) is 19.6. The molecule has 0 fully saturated rings. The van der Waals surface area contributed by atoms with E-state index < -0.39 is 0 Å². The monoisotopic (exact) mass is 454 g/mol. The van der Waals surface area contributed by atoms with Crippen LogP contribution >= 0.6 is 0 Å². The number of carbonyl (C=O) groups is 3. The number of amides is 3. The summed E-state index contributed by atoms with van der Waals surface area (Å²) in [7, 11) is 1.57. The molecular weight excluding hydrogens is 420 g/mol. The van der Waals surface area contributed by atoms with Crippen LogP contribution in [0.2, 0.25) is 0 Å². The minimum Gasteiger partial charge on any atom is -0.383 e. The molecule has 3 N–H and O–H groups in total. The second-order valence-electron chi connectivity index (χ2n) is 7.60. The molecule has 0 unspecified atom stereocenters. The van der Waals surface area contributed by atoms with Crippen molar-refractivity contribution < 1.29 is 19.1 Å². The molecule has 0 atom stereocenters. The minimum absolute atomic E-state index is 0.00171. The van der Waals surface area contributed by atoms with Crippen molar-refractivity contribution in [2.75, 3.05) is 50.5 Å². The lowest BCUT2D eigenvalue weighted by Gasteiger charge is -2.21. The van der Waals surface area contributed by atoms with E-state index in [0.29, 0.717) is 35.7 Å². The summed E-state index contributed by atoms with van der Waals surface area (Å²) in [5, 5.41) is 8.60. The summed E-state index contributed by atoms with van der Waals surface area (Å²) in [6, 6.07) is 13.9. The number of carbonyl (C=O) groups excluding carboxylic acids is 3. The SMILES string of the molecule is CCCN(CCC)C(=O)c1cccc(NCC(=O)Nc2ccc(C(=O)NCCOC)cc2)c1. The third kappa shape index (κ3) is 8.57. The van der Waals surface area contributed by atoms with Gasteiger partial charge in [0.1, 0.15) is 0 Å². The van der Waals surface area contributed by atoms with E-state index in [0.717, 1.165) is 25.9 Å². The Morgan fingerprint density at radius 1 is 0.909 bits per heavy atom. The first-order valence-corrected chi connectivity index (χ1v) is 11.3. The fourth-order valence-electron chi connectivity index (χ4n) is 3.26. The molecule has 0 saturated carbocycles. The van der Waals surface area contributed by atoms with E-state index in [4.69, 9.17) is 4.74 Å². The predicted octanol–water partition coefficient (Wildman–Crippen LogP) is 3.38. The first-order valence-electron chi connectivity index (χ1n) is 11.3. The normalized spacial score (nSPS) is 10.4. The highest BCUT2D eigenvalue weighted by Gasteiger charge is 2.14. The highest BCUT2D eigenvalue weighted by molar-refractivity contribution is 5.97. The van der Waals surface area contributed by atoms with Gasteiger partial charge in [-0.25, -0.2) is 0 Å². The van der Waals surface area contributed by atoms with Gasteiger partial charge in [-0.3, -0.25) is 14.4 Å². The van der Waals surface area contributed by atoms with Crippen LogP contribution in [0, 0.1) is 0 Å².